The van der Waals surface area contributed by atoms with Gasteiger partial charge in [-0.05, 0) is 80.1 Å². The smallest absolute Gasteiger partial charge is 0.264 e. The van der Waals surface area contributed by atoms with E-state index in [1.165, 1.54) is 30.7 Å². The Hall–Kier alpha value is -3.03. The van der Waals surface area contributed by atoms with Crippen molar-refractivity contribution >= 4 is 38.9 Å². The fourth-order valence-corrected chi connectivity index (χ4v) is 6.43. The van der Waals surface area contributed by atoms with Crippen LogP contribution in [0.2, 0.25) is 5.02 Å². The molecule has 37 heavy (non-hydrogen) atoms. The van der Waals surface area contributed by atoms with E-state index >= 15 is 0 Å². The van der Waals surface area contributed by atoms with Crippen molar-refractivity contribution < 1.29 is 13.2 Å². The summed E-state index contributed by atoms with van der Waals surface area (Å²) in [4.78, 5) is 15.7. The Morgan fingerprint density at radius 2 is 1.81 bits per heavy atom. The van der Waals surface area contributed by atoms with Gasteiger partial charge in [0.1, 0.15) is 6.54 Å². The van der Waals surface area contributed by atoms with Crippen molar-refractivity contribution in [3.8, 4) is 0 Å². The van der Waals surface area contributed by atoms with E-state index < -0.39 is 15.9 Å². The van der Waals surface area contributed by atoms with Gasteiger partial charge in [0.25, 0.3) is 10.0 Å². The van der Waals surface area contributed by atoms with Crippen LogP contribution in [0.25, 0.3) is 0 Å². The molecule has 0 radical (unpaired) electrons. The van der Waals surface area contributed by atoms with Gasteiger partial charge in [-0.25, -0.2) is 8.42 Å². The van der Waals surface area contributed by atoms with Gasteiger partial charge in [0.2, 0.25) is 5.91 Å². The second-order valence-corrected chi connectivity index (χ2v) is 12.1. The normalized spacial score (nSPS) is 16.8. The van der Waals surface area contributed by atoms with Crippen LogP contribution in [0, 0.1) is 12.8 Å². The maximum absolute atomic E-state index is 13.6. The molecule has 0 saturated carbocycles. The Kier molecular flexibility index (Phi) is 8.45. The summed E-state index contributed by atoms with van der Waals surface area (Å²) >= 11 is 6.21. The number of nitrogens with zero attached hydrogens (tertiary/aromatic N) is 2. The Bertz CT molecular complexity index is 1330. The van der Waals surface area contributed by atoms with E-state index in [4.69, 9.17) is 11.6 Å². The van der Waals surface area contributed by atoms with Crippen LogP contribution in [-0.4, -0.2) is 34.0 Å². The standard InChI is InChI=1S/C29H34ClN3O3S/c1-21-8-7-17-32(19-21)26-15-12-24(13-16-26)23(3)31-29(34)20-33(28-18-25(30)14-11-22(28)2)37(35,36)27-9-5-4-6-10-27/h4-6,9-16,18,21,23H,7-8,17,19-20H2,1-3H3,(H,31,34). The van der Waals surface area contributed by atoms with Gasteiger partial charge in [-0.3, -0.25) is 9.10 Å². The molecule has 0 aromatic heterocycles. The number of hydrogen-bond donors (Lipinski definition) is 1. The first-order valence-corrected chi connectivity index (χ1v) is 14.4. The maximum Gasteiger partial charge on any atom is 0.264 e. The predicted octanol–water partition coefficient (Wildman–Crippen LogP) is 5.96. The maximum atomic E-state index is 13.6. The van der Waals surface area contributed by atoms with E-state index in [1.54, 1.807) is 43.3 Å². The van der Waals surface area contributed by atoms with Crippen molar-refractivity contribution in [1.29, 1.82) is 0 Å². The third-order valence-corrected chi connectivity index (χ3v) is 8.86. The molecule has 1 fully saturated rings. The molecule has 8 heteroatoms. The number of hydrogen-bond acceptors (Lipinski definition) is 4. The summed E-state index contributed by atoms with van der Waals surface area (Å²) in [5, 5.41) is 3.36. The first-order valence-electron chi connectivity index (χ1n) is 12.6. The van der Waals surface area contributed by atoms with E-state index in [9.17, 15) is 13.2 Å². The largest absolute Gasteiger partial charge is 0.371 e. The number of carbonyl (C=O) groups excluding carboxylic acids is 1. The minimum Gasteiger partial charge on any atom is -0.371 e. The zero-order chi connectivity index (χ0) is 26.6. The molecule has 1 saturated heterocycles. The fourth-order valence-electron chi connectivity index (χ4n) is 4.77. The zero-order valence-electron chi connectivity index (χ0n) is 21.5. The van der Waals surface area contributed by atoms with E-state index in [1.807, 2.05) is 19.1 Å². The number of sulfonamides is 1. The van der Waals surface area contributed by atoms with Crippen molar-refractivity contribution in [2.24, 2.45) is 5.92 Å². The Balaban J connectivity index is 1.52. The van der Waals surface area contributed by atoms with Gasteiger partial charge in [-0.15, -0.1) is 0 Å². The number of nitrogens with one attached hydrogen (secondary N) is 1. The highest BCUT2D eigenvalue weighted by molar-refractivity contribution is 7.92. The van der Waals surface area contributed by atoms with Crippen molar-refractivity contribution in [3.05, 3.63) is 88.9 Å². The van der Waals surface area contributed by atoms with Gasteiger partial charge in [0, 0.05) is 23.8 Å². The molecule has 0 spiro atoms. The number of aryl methyl sites for hydroxylation is 1. The number of rotatable bonds is 8. The van der Waals surface area contributed by atoms with Crippen LogP contribution in [0.4, 0.5) is 11.4 Å². The van der Waals surface area contributed by atoms with E-state index in [2.05, 4.69) is 29.3 Å². The second kappa shape index (κ2) is 11.6. The zero-order valence-corrected chi connectivity index (χ0v) is 23.1. The van der Waals surface area contributed by atoms with Crippen molar-refractivity contribution in [2.45, 2.75) is 44.6 Å². The molecule has 1 amide bonds. The highest BCUT2D eigenvalue weighted by Crippen LogP contribution is 2.30. The van der Waals surface area contributed by atoms with Gasteiger partial charge in [0.15, 0.2) is 0 Å². The second-order valence-electron chi connectivity index (χ2n) is 9.83. The Morgan fingerprint density at radius 1 is 1.11 bits per heavy atom. The lowest BCUT2D eigenvalue weighted by atomic mass is 9.99. The first kappa shape index (κ1) is 27.0. The highest BCUT2D eigenvalue weighted by atomic mass is 35.5. The quantitative estimate of drug-likeness (QED) is 0.383. The van der Waals surface area contributed by atoms with Crippen LogP contribution in [-0.2, 0) is 14.8 Å². The summed E-state index contributed by atoms with van der Waals surface area (Å²) in [7, 11) is -4.00. The minimum absolute atomic E-state index is 0.109. The number of piperidine rings is 1. The molecule has 0 bridgehead atoms. The summed E-state index contributed by atoms with van der Waals surface area (Å²) < 4.78 is 28.3. The molecule has 1 heterocycles. The van der Waals surface area contributed by atoms with Crippen LogP contribution in [0.3, 0.4) is 0 Å². The third kappa shape index (κ3) is 6.46. The number of amides is 1. The summed E-state index contributed by atoms with van der Waals surface area (Å²) in [5.74, 6) is 0.283. The number of carbonyl (C=O) groups is 1. The molecule has 4 rings (SSSR count). The molecule has 1 aliphatic heterocycles. The summed E-state index contributed by atoms with van der Waals surface area (Å²) in [6.07, 6.45) is 2.47. The fraction of sp³-hybridized carbons (Fsp3) is 0.345. The number of anilines is 2. The van der Waals surface area contributed by atoms with Gasteiger partial charge < -0.3 is 10.2 Å². The van der Waals surface area contributed by atoms with Crippen molar-refractivity contribution in [3.63, 3.8) is 0 Å². The van der Waals surface area contributed by atoms with Crippen LogP contribution in [0.15, 0.2) is 77.7 Å². The van der Waals surface area contributed by atoms with E-state index in [0.29, 0.717) is 22.2 Å². The lowest BCUT2D eigenvalue weighted by molar-refractivity contribution is -0.120. The van der Waals surface area contributed by atoms with E-state index in [0.717, 1.165) is 23.0 Å². The molecule has 2 atom stereocenters. The number of benzene rings is 3. The molecular weight excluding hydrogens is 506 g/mol. The number of halogens is 1. The topological polar surface area (TPSA) is 69.7 Å². The molecule has 0 aliphatic carbocycles. The highest BCUT2D eigenvalue weighted by Gasteiger charge is 2.29. The Labute approximate surface area is 225 Å². The van der Waals surface area contributed by atoms with Gasteiger partial charge >= 0.3 is 0 Å². The SMILES string of the molecule is Cc1ccc(Cl)cc1N(CC(=O)NC(C)c1ccc(N2CCCC(C)C2)cc1)S(=O)(=O)c1ccccc1. The molecular formula is C29H34ClN3O3S. The monoisotopic (exact) mass is 539 g/mol. The van der Waals surface area contributed by atoms with Crippen LogP contribution in [0.1, 0.15) is 43.9 Å². The van der Waals surface area contributed by atoms with E-state index in [-0.39, 0.29) is 17.5 Å². The van der Waals surface area contributed by atoms with Crippen molar-refractivity contribution in [1.82, 2.24) is 5.32 Å². The Morgan fingerprint density at radius 3 is 2.49 bits per heavy atom. The van der Waals surface area contributed by atoms with Crippen LogP contribution < -0.4 is 14.5 Å². The average molecular weight is 540 g/mol. The minimum atomic E-state index is -4.00. The van der Waals surface area contributed by atoms with Gasteiger partial charge in [-0.1, -0.05) is 54.9 Å². The predicted molar refractivity (Wildman–Crippen MR) is 151 cm³/mol. The first-order chi connectivity index (χ1) is 17.6. The summed E-state index contributed by atoms with van der Waals surface area (Å²) in [6, 6.07) is 21.1. The van der Waals surface area contributed by atoms with Crippen LogP contribution in [0.5, 0.6) is 0 Å². The molecule has 1 aliphatic rings. The summed E-state index contributed by atoms with van der Waals surface area (Å²) in [6.45, 7) is 7.72. The van der Waals surface area contributed by atoms with Crippen molar-refractivity contribution in [2.75, 3.05) is 28.8 Å². The molecule has 1 N–H and O–H groups in total. The molecule has 6 nitrogen and oxygen atoms in total. The molecule has 3 aromatic carbocycles. The lowest BCUT2D eigenvalue weighted by Crippen LogP contribution is -2.42. The molecule has 2 unspecified atom stereocenters. The average Bonchev–Trinajstić information content (AvgIpc) is 2.89. The molecule has 196 valence electrons. The van der Waals surface area contributed by atoms with Gasteiger partial charge in [0.05, 0.1) is 16.6 Å². The van der Waals surface area contributed by atoms with Gasteiger partial charge in [-0.2, -0.15) is 0 Å². The summed E-state index contributed by atoms with van der Waals surface area (Å²) in [5.41, 5.74) is 3.22. The third-order valence-electron chi connectivity index (χ3n) is 6.85. The molecule has 3 aromatic rings. The van der Waals surface area contributed by atoms with Crippen LogP contribution >= 0.6 is 11.6 Å². The lowest BCUT2D eigenvalue weighted by Gasteiger charge is -2.33.